The molecule has 3 heterocycles. The van der Waals surface area contributed by atoms with Gasteiger partial charge in [-0.15, -0.1) is 11.3 Å². The minimum absolute atomic E-state index is 0.320. The molecule has 0 aromatic carbocycles. The molecule has 21 heavy (non-hydrogen) atoms. The highest BCUT2D eigenvalue weighted by Gasteiger charge is 2.24. The van der Waals surface area contributed by atoms with Gasteiger partial charge in [-0.25, -0.2) is 4.98 Å². The molecule has 1 aliphatic heterocycles. The van der Waals surface area contributed by atoms with Crippen molar-refractivity contribution in [3.63, 3.8) is 0 Å². The van der Waals surface area contributed by atoms with Crippen LogP contribution in [0.25, 0.3) is 0 Å². The molecule has 0 spiro atoms. The van der Waals surface area contributed by atoms with Crippen LogP contribution in [0.5, 0.6) is 0 Å². The molecule has 3 N–H and O–H groups in total. The molecular formula is C14H19N5OS. The van der Waals surface area contributed by atoms with Gasteiger partial charge in [0.05, 0.1) is 5.01 Å². The SMILES string of the molecule is Cc1ncc(CN2CCCC(c3cc(C(N)=O)n[nH]3)C2)s1. The van der Waals surface area contributed by atoms with Gasteiger partial charge in [0.1, 0.15) is 5.69 Å². The molecule has 0 bridgehead atoms. The normalized spacial score (nSPS) is 19.8. The number of aromatic amines is 1. The predicted octanol–water partition coefficient (Wildman–Crippen LogP) is 1.65. The third-order valence-corrected chi connectivity index (χ3v) is 4.74. The number of piperidine rings is 1. The van der Waals surface area contributed by atoms with Crippen LogP contribution < -0.4 is 5.73 Å². The number of nitrogens with two attached hydrogens (primary N) is 1. The smallest absolute Gasteiger partial charge is 0.269 e. The van der Waals surface area contributed by atoms with Gasteiger partial charge in [0, 0.05) is 35.8 Å². The summed E-state index contributed by atoms with van der Waals surface area (Å²) >= 11 is 1.75. The highest BCUT2D eigenvalue weighted by atomic mass is 32.1. The van der Waals surface area contributed by atoms with Crippen LogP contribution in [0, 0.1) is 6.92 Å². The van der Waals surface area contributed by atoms with Crippen molar-refractivity contribution in [2.24, 2.45) is 5.73 Å². The van der Waals surface area contributed by atoms with Crippen LogP contribution in [0.1, 0.15) is 44.8 Å². The van der Waals surface area contributed by atoms with Crippen LogP contribution in [-0.4, -0.2) is 39.1 Å². The van der Waals surface area contributed by atoms with E-state index >= 15 is 0 Å². The highest BCUT2D eigenvalue weighted by molar-refractivity contribution is 7.11. The summed E-state index contributed by atoms with van der Waals surface area (Å²) in [4.78, 5) is 19.2. The van der Waals surface area contributed by atoms with Gasteiger partial charge in [-0.05, 0) is 32.4 Å². The fourth-order valence-electron chi connectivity index (χ4n) is 2.82. The average molecular weight is 305 g/mol. The van der Waals surface area contributed by atoms with Crippen LogP contribution in [0.3, 0.4) is 0 Å². The lowest BCUT2D eigenvalue weighted by molar-refractivity contribution is 0.0995. The van der Waals surface area contributed by atoms with Crippen LogP contribution in [-0.2, 0) is 6.54 Å². The zero-order chi connectivity index (χ0) is 14.8. The molecule has 0 saturated carbocycles. The summed E-state index contributed by atoms with van der Waals surface area (Å²) in [6.07, 6.45) is 4.22. The van der Waals surface area contributed by atoms with Gasteiger partial charge < -0.3 is 5.73 Å². The first-order valence-corrected chi connectivity index (χ1v) is 7.92. The number of nitrogens with zero attached hydrogens (tertiary/aromatic N) is 3. The third-order valence-electron chi connectivity index (χ3n) is 3.84. The van der Waals surface area contributed by atoms with E-state index in [1.165, 1.54) is 4.88 Å². The summed E-state index contributed by atoms with van der Waals surface area (Å²) in [6, 6.07) is 1.79. The molecule has 1 fully saturated rings. The number of carbonyl (C=O) groups is 1. The van der Waals surface area contributed by atoms with Gasteiger partial charge in [-0.2, -0.15) is 5.10 Å². The third kappa shape index (κ3) is 3.30. The van der Waals surface area contributed by atoms with E-state index in [0.717, 1.165) is 43.2 Å². The topological polar surface area (TPSA) is 87.9 Å². The van der Waals surface area contributed by atoms with Crippen molar-refractivity contribution in [2.75, 3.05) is 13.1 Å². The number of aromatic nitrogens is 3. The van der Waals surface area contributed by atoms with Gasteiger partial charge in [-0.1, -0.05) is 0 Å². The maximum atomic E-state index is 11.1. The Morgan fingerprint density at radius 2 is 2.48 bits per heavy atom. The fraction of sp³-hybridized carbons (Fsp3) is 0.500. The molecule has 2 aromatic rings. The minimum Gasteiger partial charge on any atom is -0.364 e. The van der Waals surface area contributed by atoms with E-state index in [0.29, 0.717) is 11.6 Å². The first kappa shape index (κ1) is 14.2. The molecule has 1 atom stereocenters. The summed E-state index contributed by atoms with van der Waals surface area (Å²) in [6.45, 7) is 5.05. The molecule has 112 valence electrons. The minimum atomic E-state index is -0.481. The number of amides is 1. The highest BCUT2D eigenvalue weighted by Crippen LogP contribution is 2.27. The summed E-state index contributed by atoms with van der Waals surface area (Å²) < 4.78 is 0. The van der Waals surface area contributed by atoms with E-state index in [4.69, 9.17) is 5.73 Å². The average Bonchev–Trinajstić information content (AvgIpc) is 3.08. The zero-order valence-electron chi connectivity index (χ0n) is 12.0. The van der Waals surface area contributed by atoms with E-state index in [1.807, 2.05) is 13.1 Å². The number of nitrogens with one attached hydrogen (secondary N) is 1. The van der Waals surface area contributed by atoms with E-state index in [1.54, 1.807) is 17.4 Å². The number of hydrogen-bond acceptors (Lipinski definition) is 5. The Kier molecular flexibility index (Phi) is 4.03. The molecule has 1 amide bonds. The first-order valence-electron chi connectivity index (χ1n) is 7.10. The van der Waals surface area contributed by atoms with Gasteiger partial charge in [0.15, 0.2) is 0 Å². The van der Waals surface area contributed by atoms with Gasteiger partial charge in [-0.3, -0.25) is 14.8 Å². The van der Waals surface area contributed by atoms with Crippen molar-refractivity contribution in [2.45, 2.75) is 32.2 Å². The lowest BCUT2D eigenvalue weighted by atomic mass is 9.94. The molecule has 0 radical (unpaired) electrons. The second-order valence-corrected chi connectivity index (χ2v) is 6.81. The number of primary amides is 1. The van der Waals surface area contributed by atoms with Crippen molar-refractivity contribution in [1.29, 1.82) is 0 Å². The lowest BCUT2D eigenvalue weighted by Gasteiger charge is -2.31. The monoisotopic (exact) mass is 305 g/mol. The fourth-order valence-corrected chi connectivity index (χ4v) is 3.66. The van der Waals surface area contributed by atoms with Gasteiger partial charge in [0.25, 0.3) is 5.91 Å². The van der Waals surface area contributed by atoms with E-state index in [9.17, 15) is 4.79 Å². The Balaban J connectivity index is 1.66. The van der Waals surface area contributed by atoms with Crippen LogP contribution in [0.15, 0.2) is 12.3 Å². The summed E-state index contributed by atoms with van der Waals surface area (Å²) in [5.41, 5.74) is 6.58. The second-order valence-electron chi connectivity index (χ2n) is 5.49. The van der Waals surface area contributed by atoms with Crippen LogP contribution >= 0.6 is 11.3 Å². The number of aryl methyl sites for hydroxylation is 1. The van der Waals surface area contributed by atoms with E-state index in [-0.39, 0.29) is 0 Å². The quantitative estimate of drug-likeness (QED) is 0.899. The maximum Gasteiger partial charge on any atom is 0.269 e. The second kappa shape index (κ2) is 5.95. The molecule has 6 nitrogen and oxygen atoms in total. The molecule has 2 aromatic heterocycles. The van der Waals surface area contributed by atoms with Crippen LogP contribution in [0.2, 0.25) is 0 Å². The molecule has 1 aliphatic rings. The predicted molar refractivity (Wildman–Crippen MR) is 81.2 cm³/mol. The summed E-state index contributed by atoms with van der Waals surface area (Å²) in [5, 5.41) is 8.04. The largest absolute Gasteiger partial charge is 0.364 e. The van der Waals surface area contributed by atoms with Crippen molar-refractivity contribution in [3.05, 3.63) is 33.5 Å². The Bertz CT molecular complexity index is 635. The number of thiazole rings is 1. The Morgan fingerprint density at radius 1 is 1.62 bits per heavy atom. The molecular weight excluding hydrogens is 286 g/mol. The number of rotatable bonds is 4. The van der Waals surface area contributed by atoms with Crippen molar-refractivity contribution >= 4 is 17.2 Å². The maximum absolute atomic E-state index is 11.1. The first-order chi connectivity index (χ1) is 10.1. The number of likely N-dealkylation sites (tertiary alicyclic amines) is 1. The number of H-pyrrole nitrogens is 1. The van der Waals surface area contributed by atoms with Gasteiger partial charge >= 0.3 is 0 Å². The zero-order valence-corrected chi connectivity index (χ0v) is 12.8. The summed E-state index contributed by atoms with van der Waals surface area (Å²) in [5.74, 6) is -0.0985. The Hall–Kier alpha value is -1.73. The van der Waals surface area contributed by atoms with E-state index < -0.39 is 5.91 Å². The molecule has 1 saturated heterocycles. The van der Waals surface area contributed by atoms with Crippen LogP contribution in [0.4, 0.5) is 0 Å². The molecule has 7 heteroatoms. The molecule has 3 rings (SSSR count). The standard InChI is InChI=1S/C14H19N5OS/c1-9-16-6-11(21-9)8-19-4-2-3-10(7-19)12-5-13(14(15)20)18-17-12/h5-6,10H,2-4,7-8H2,1H3,(H2,15,20)(H,17,18). The molecule has 0 aliphatic carbocycles. The van der Waals surface area contributed by atoms with E-state index in [2.05, 4.69) is 20.1 Å². The number of hydrogen-bond donors (Lipinski definition) is 2. The lowest BCUT2D eigenvalue weighted by Crippen LogP contribution is -2.33. The molecule has 1 unspecified atom stereocenters. The van der Waals surface area contributed by atoms with Gasteiger partial charge in [0.2, 0.25) is 0 Å². The van der Waals surface area contributed by atoms with Crippen molar-refractivity contribution in [1.82, 2.24) is 20.1 Å². The Labute approximate surface area is 127 Å². The Morgan fingerprint density at radius 3 is 3.14 bits per heavy atom. The van der Waals surface area contributed by atoms with Crippen molar-refractivity contribution < 1.29 is 4.79 Å². The summed E-state index contributed by atoms with van der Waals surface area (Å²) in [7, 11) is 0. The number of carbonyl (C=O) groups excluding carboxylic acids is 1. The van der Waals surface area contributed by atoms with Crippen molar-refractivity contribution in [3.8, 4) is 0 Å².